The third kappa shape index (κ3) is 2.18. The third-order valence-corrected chi connectivity index (χ3v) is 3.86. The summed E-state index contributed by atoms with van der Waals surface area (Å²) in [5, 5.41) is 10.6. The number of hydrogen-bond donors (Lipinski definition) is 2. The van der Waals surface area contributed by atoms with E-state index in [-0.39, 0.29) is 17.5 Å². The number of carboxylic acids is 1. The standard InChI is InChI=1S/C15H15N3O3/c16-13(19)12-6-3-7-18(12)14-10-5-2-1-4-9(10)11(8-17-14)15(20)21/h1-2,4-5,8,12H,3,6-7H2,(H2,16,19)(H,20,21). The summed E-state index contributed by atoms with van der Waals surface area (Å²) in [6.07, 6.45) is 2.91. The van der Waals surface area contributed by atoms with Gasteiger partial charge in [0.15, 0.2) is 0 Å². The van der Waals surface area contributed by atoms with Crippen LogP contribution in [0.1, 0.15) is 23.2 Å². The first-order valence-corrected chi connectivity index (χ1v) is 6.76. The Morgan fingerprint density at radius 2 is 2.00 bits per heavy atom. The molecule has 2 heterocycles. The number of pyridine rings is 1. The van der Waals surface area contributed by atoms with Crippen molar-refractivity contribution in [3.63, 3.8) is 0 Å². The molecule has 0 saturated carbocycles. The van der Waals surface area contributed by atoms with Crippen LogP contribution in [0.2, 0.25) is 0 Å². The van der Waals surface area contributed by atoms with E-state index in [9.17, 15) is 14.7 Å². The molecule has 1 aliphatic heterocycles. The third-order valence-electron chi connectivity index (χ3n) is 3.86. The Hall–Kier alpha value is -2.63. The zero-order valence-corrected chi connectivity index (χ0v) is 11.3. The topological polar surface area (TPSA) is 96.5 Å². The van der Waals surface area contributed by atoms with Crippen molar-refractivity contribution in [2.75, 3.05) is 11.4 Å². The Balaban J connectivity index is 2.18. The van der Waals surface area contributed by atoms with Gasteiger partial charge in [0.25, 0.3) is 0 Å². The van der Waals surface area contributed by atoms with Gasteiger partial charge < -0.3 is 15.7 Å². The molecule has 6 heteroatoms. The fourth-order valence-electron chi connectivity index (χ4n) is 2.89. The number of carboxylic acid groups (broad SMARTS) is 1. The molecule has 1 aromatic carbocycles. The number of amides is 1. The van der Waals surface area contributed by atoms with Gasteiger partial charge in [0.1, 0.15) is 11.9 Å². The first-order chi connectivity index (χ1) is 10.1. The number of carbonyl (C=O) groups is 2. The molecule has 1 saturated heterocycles. The number of aromatic nitrogens is 1. The molecular weight excluding hydrogens is 270 g/mol. The largest absolute Gasteiger partial charge is 0.478 e. The molecule has 3 N–H and O–H groups in total. The molecule has 1 fully saturated rings. The average Bonchev–Trinajstić information content (AvgIpc) is 2.95. The van der Waals surface area contributed by atoms with Crippen molar-refractivity contribution in [2.24, 2.45) is 5.73 Å². The Morgan fingerprint density at radius 3 is 2.67 bits per heavy atom. The number of hydrogen-bond acceptors (Lipinski definition) is 4. The molecule has 0 aliphatic carbocycles. The van der Waals surface area contributed by atoms with Crippen LogP contribution in [0.3, 0.4) is 0 Å². The van der Waals surface area contributed by atoms with Gasteiger partial charge in [-0.25, -0.2) is 9.78 Å². The summed E-state index contributed by atoms with van der Waals surface area (Å²) in [7, 11) is 0. The van der Waals surface area contributed by atoms with E-state index < -0.39 is 5.97 Å². The summed E-state index contributed by atoms with van der Waals surface area (Å²) in [5.41, 5.74) is 5.60. The van der Waals surface area contributed by atoms with Crippen molar-refractivity contribution in [1.82, 2.24) is 4.98 Å². The quantitative estimate of drug-likeness (QED) is 0.888. The molecule has 0 radical (unpaired) electrons. The van der Waals surface area contributed by atoms with Gasteiger partial charge in [-0.2, -0.15) is 0 Å². The maximum Gasteiger partial charge on any atom is 0.337 e. The highest BCUT2D eigenvalue weighted by molar-refractivity contribution is 6.07. The highest BCUT2D eigenvalue weighted by Crippen LogP contribution is 2.31. The zero-order chi connectivity index (χ0) is 15.0. The Labute approximate surface area is 121 Å². The monoisotopic (exact) mass is 285 g/mol. The molecule has 1 atom stereocenters. The van der Waals surface area contributed by atoms with E-state index in [1.54, 1.807) is 12.1 Å². The SMILES string of the molecule is NC(=O)C1CCCN1c1ncc(C(=O)O)c2ccccc12. The Bertz CT molecular complexity index is 729. The molecule has 1 aromatic heterocycles. The van der Waals surface area contributed by atoms with E-state index in [1.165, 1.54) is 6.20 Å². The van der Waals surface area contributed by atoms with E-state index in [1.807, 2.05) is 17.0 Å². The minimum atomic E-state index is -1.02. The molecule has 2 aromatic rings. The van der Waals surface area contributed by atoms with Gasteiger partial charge in [0.2, 0.25) is 5.91 Å². The van der Waals surface area contributed by atoms with Crippen molar-refractivity contribution < 1.29 is 14.7 Å². The molecule has 0 bridgehead atoms. The summed E-state index contributed by atoms with van der Waals surface area (Å²) in [6.45, 7) is 0.691. The molecule has 108 valence electrons. The second-order valence-electron chi connectivity index (χ2n) is 5.10. The number of nitrogens with two attached hydrogens (primary N) is 1. The second-order valence-corrected chi connectivity index (χ2v) is 5.10. The smallest absolute Gasteiger partial charge is 0.337 e. The van der Waals surface area contributed by atoms with Crippen LogP contribution in [0.5, 0.6) is 0 Å². The number of anilines is 1. The zero-order valence-electron chi connectivity index (χ0n) is 11.3. The fourth-order valence-corrected chi connectivity index (χ4v) is 2.89. The summed E-state index contributed by atoms with van der Waals surface area (Å²) in [6, 6.07) is 6.80. The van der Waals surface area contributed by atoms with Gasteiger partial charge in [-0.1, -0.05) is 24.3 Å². The lowest BCUT2D eigenvalue weighted by Gasteiger charge is -2.24. The summed E-state index contributed by atoms with van der Waals surface area (Å²) >= 11 is 0. The summed E-state index contributed by atoms with van der Waals surface area (Å²) in [4.78, 5) is 29.0. The van der Waals surface area contributed by atoms with Crippen LogP contribution >= 0.6 is 0 Å². The lowest BCUT2D eigenvalue weighted by molar-refractivity contribution is -0.119. The Kier molecular flexibility index (Phi) is 3.21. The van der Waals surface area contributed by atoms with Gasteiger partial charge in [-0.05, 0) is 12.8 Å². The molecule has 0 spiro atoms. The van der Waals surface area contributed by atoms with Gasteiger partial charge in [0, 0.05) is 23.5 Å². The first kappa shape index (κ1) is 13.4. The van der Waals surface area contributed by atoms with Crippen LogP contribution in [0.25, 0.3) is 10.8 Å². The summed E-state index contributed by atoms with van der Waals surface area (Å²) < 4.78 is 0. The van der Waals surface area contributed by atoms with E-state index in [4.69, 9.17) is 5.73 Å². The van der Waals surface area contributed by atoms with Crippen molar-refractivity contribution in [3.8, 4) is 0 Å². The van der Waals surface area contributed by atoms with Gasteiger partial charge >= 0.3 is 5.97 Å². The predicted molar refractivity (Wildman–Crippen MR) is 78.3 cm³/mol. The average molecular weight is 285 g/mol. The van der Waals surface area contributed by atoms with E-state index in [0.29, 0.717) is 24.2 Å². The molecule has 1 unspecified atom stereocenters. The number of carbonyl (C=O) groups excluding carboxylic acids is 1. The van der Waals surface area contributed by atoms with Crippen LogP contribution in [-0.2, 0) is 4.79 Å². The number of rotatable bonds is 3. The molecule has 6 nitrogen and oxygen atoms in total. The Morgan fingerprint density at radius 1 is 1.29 bits per heavy atom. The van der Waals surface area contributed by atoms with Crippen LogP contribution < -0.4 is 10.6 Å². The lowest BCUT2D eigenvalue weighted by atomic mass is 10.1. The van der Waals surface area contributed by atoms with Gasteiger partial charge in [0.05, 0.1) is 5.56 Å². The second kappa shape index (κ2) is 5.05. The van der Waals surface area contributed by atoms with Gasteiger partial charge in [-0.3, -0.25) is 4.79 Å². The molecule has 1 aliphatic rings. The number of primary amides is 1. The highest BCUT2D eigenvalue weighted by atomic mass is 16.4. The van der Waals surface area contributed by atoms with Crippen LogP contribution in [0.4, 0.5) is 5.82 Å². The van der Waals surface area contributed by atoms with E-state index >= 15 is 0 Å². The minimum absolute atomic E-state index is 0.157. The minimum Gasteiger partial charge on any atom is -0.478 e. The maximum absolute atomic E-state index is 11.6. The number of fused-ring (bicyclic) bond motifs is 1. The maximum atomic E-state index is 11.6. The summed E-state index contributed by atoms with van der Waals surface area (Å²) in [5.74, 6) is -0.768. The van der Waals surface area contributed by atoms with Gasteiger partial charge in [-0.15, -0.1) is 0 Å². The van der Waals surface area contributed by atoms with Crippen molar-refractivity contribution in [1.29, 1.82) is 0 Å². The van der Waals surface area contributed by atoms with Crippen molar-refractivity contribution >= 4 is 28.5 Å². The lowest BCUT2D eigenvalue weighted by Crippen LogP contribution is -2.40. The fraction of sp³-hybridized carbons (Fsp3) is 0.267. The van der Waals surface area contributed by atoms with Crippen molar-refractivity contribution in [2.45, 2.75) is 18.9 Å². The van der Waals surface area contributed by atoms with Crippen LogP contribution in [0.15, 0.2) is 30.5 Å². The van der Waals surface area contributed by atoms with Crippen molar-refractivity contribution in [3.05, 3.63) is 36.0 Å². The number of aromatic carboxylic acids is 1. The number of nitrogens with zero attached hydrogens (tertiary/aromatic N) is 2. The molecule has 3 rings (SSSR count). The molecule has 21 heavy (non-hydrogen) atoms. The van der Waals surface area contributed by atoms with E-state index in [0.717, 1.165) is 11.8 Å². The molecule has 1 amide bonds. The van der Waals surface area contributed by atoms with E-state index in [2.05, 4.69) is 4.98 Å². The van der Waals surface area contributed by atoms with Crippen LogP contribution in [0, 0.1) is 0 Å². The van der Waals surface area contributed by atoms with Crippen LogP contribution in [-0.4, -0.2) is 34.6 Å². The predicted octanol–water partition coefficient (Wildman–Crippen LogP) is 1.39. The number of benzene rings is 1. The highest BCUT2D eigenvalue weighted by Gasteiger charge is 2.31. The normalized spacial score (nSPS) is 18.1. The first-order valence-electron chi connectivity index (χ1n) is 6.76. The molecular formula is C15H15N3O3.